The summed E-state index contributed by atoms with van der Waals surface area (Å²) in [5, 5.41) is 10.5. The summed E-state index contributed by atoms with van der Waals surface area (Å²) >= 11 is 0. The largest absolute Gasteiger partial charge is 0.487 e. The Morgan fingerprint density at radius 2 is 1.76 bits per heavy atom. The van der Waals surface area contributed by atoms with Crippen LogP contribution >= 0.6 is 0 Å². The maximum atomic E-state index is 11.7. The van der Waals surface area contributed by atoms with E-state index >= 15 is 0 Å². The molecule has 0 unspecified atom stereocenters. The average Bonchev–Trinajstić information content (AvgIpc) is 2.64. The molecule has 1 aromatic rings. The Hall–Kier alpha value is -1.93. The third-order valence-electron chi connectivity index (χ3n) is 4.01. The van der Waals surface area contributed by atoms with Crippen molar-refractivity contribution >= 4 is 25.1 Å². The molecule has 0 bridgehead atoms. The Morgan fingerprint density at radius 1 is 1.16 bits per heavy atom. The van der Waals surface area contributed by atoms with Crippen LogP contribution in [0.2, 0.25) is 0 Å². The van der Waals surface area contributed by atoms with Gasteiger partial charge in [0, 0.05) is 0 Å². The minimum absolute atomic E-state index is 0.321. The molecule has 7 nitrogen and oxygen atoms in total. The van der Waals surface area contributed by atoms with Crippen LogP contribution in [-0.4, -0.2) is 40.2 Å². The fourth-order valence-corrected chi connectivity index (χ4v) is 2.05. The number of ether oxygens (including phenoxy) is 1. The molecule has 1 aliphatic rings. The Labute approximate surface area is 149 Å². The molecular weight excluding hydrogens is 321 g/mol. The van der Waals surface area contributed by atoms with Crippen molar-refractivity contribution < 1.29 is 18.8 Å². The van der Waals surface area contributed by atoms with Crippen LogP contribution in [0.1, 0.15) is 54.2 Å². The van der Waals surface area contributed by atoms with E-state index in [2.05, 4.69) is 15.5 Å². The van der Waals surface area contributed by atoms with Crippen molar-refractivity contribution in [3.05, 3.63) is 23.8 Å². The van der Waals surface area contributed by atoms with Crippen LogP contribution in [0.3, 0.4) is 0 Å². The monoisotopic (exact) mass is 347 g/mol. The van der Waals surface area contributed by atoms with Crippen LogP contribution in [0, 0.1) is 0 Å². The van der Waals surface area contributed by atoms with E-state index in [4.69, 9.17) is 14.0 Å². The zero-order valence-corrected chi connectivity index (χ0v) is 15.9. The van der Waals surface area contributed by atoms with Gasteiger partial charge in [0.2, 0.25) is 0 Å². The highest BCUT2D eigenvalue weighted by atomic mass is 16.7. The molecule has 136 valence electrons. The summed E-state index contributed by atoms with van der Waals surface area (Å²) in [6, 6.07) is 3.39. The van der Waals surface area contributed by atoms with Gasteiger partial charge in [0.1, 0.15) is 5.60 Å². The molecule has 1 saturated heterocycles. The van der Waals surface area contributed by atoms with Gasteiger partial charge in [-0.3, -0.25) is 5.32 Å². The summed E-state index contributed by atoms with van der Waals surface area (Å²) in [7, 11) is -0.439. The Morgan fingerprint density at radius 3 is 2.24 bits per heavy atom. The number of amides is 1. The van der Waals surface area contributed by atoms with Gasteiger partial charge in [-0.1, -0.05) is 5.98 Å². The topological polar surface area (TPSA) is 82.6 Å². The minimum atomic E-state index is -0.567. The number of aromatic nitrogens is 2. The van der Waals surface area contributed by atoms with Gasteiger partial charge >= 0.3 is 13.2 Å². The van der Waals surface area contributed by atoms with Gasteiger partial charge in [0.05, 0.1) is 16.9 Å². The van der Waals surface area contributed by atoms with E-state index in [0.717, 1.165) is 0 Å². The summed E-state index contributed by atoms with van der Waals surface area (Å²) in [4.78, 5) is 11.7. The SMILES string of the molecule is CC(C)(C)OC(=O)Nc1ccc(/C=C/B2OC(C)(C)C(C)(C)O2)nn1. The number of hydrogen-bond acceptors (Lipinski definition) is 6. The molecule has 25 heavy (non-hydrogen) atoms. The quantitative estimate of drug-likeness (QED) is 0.843. The van der Waals surface area contributed by atoms with Crippen LogP contribution in [0.15, 0.2) is 18.1 Å². The second-order valence-corrected chi connectivity index (χ2v) is 7.95. The van der Waals surface area contributed by atoms with Gasteiger partial charge in [0.15, 0.2) is 5.82 Å². The first-order chi connectivity index (χ1) is 11.4. The Kier molecular flexibility index (Phi) is 5.25. The fourth-order valence-electron chi connectivity index (χ4n) is 2.05. The van der Waals surface area contributed by atoms with Crippen molar-refractivity contribution in [1.82, 2.24) is 10.2 Å². The lowest BCUT2D eigenvalue weighted by Gasteiger charge is -2.32. The zero-order valence-electron chi connectivity index (χ0n) is 15.9. The molecule has 1 aliphatic heterocycles. The molecule has 0 saturated carbocycles. The molecule has 0 radical (unpaired) electrons. The number of carbonyl (C=O) groups excluding carboxylic acids is 1. The molecule has 1 aromatic heterocycles. The Bertz CT molecular complexity index is 635. The second-order valence-electron chi connectivity index (χ2n) is 7.95. The van der Waals surface area contributed by atoms with E-state index in [1.54, 1.807) is 45.0 Å². The van der Waals surface area contributed by atoms with Crippen LogP contribution < -0.4 is 5.32 Å². The van der Waals surface area contributed by atoms with Crippen LogP contribution in [-0.2, 0) is 14.0 Å². The van der Waals surface area contributed by atoms with Crippen molar-refractivity contribution in [2.24, 2.45) is 0 Å². The molecule has 0 aromatic carbocycles. The highest BCUT2D eigenvalue weighted by Gasteiger charge is 2.50. The third kappa shape index (κ3) is 5.27. The van der Waals surface area contributed by atoms with Gasteiger partial charge in [-0.05, 0) is 66.7 Å². The smallest absolute Gasteiger partial charge is 0.444 e. The van der Waals surface area contributed by atoms with Crippen molar-refractivity contribution in [2.45, 2.75) is 65.3 Å². The van der Waals surface area contributed by atoms with Gasteiger partial charge in [-0.25, -0.2) is 4.79 Å². The summed E-state index contributed by atoms with van der Waals surface area (Å²) in [5.74, 6) is 2.11. The fraction of sp³-hybridized carbons (Fsp3) is 0.588. The highest BCUT2D eigenvalue weighted by Crippen LogP contribution is 2.36. The maximum Gasteiger partial charge on any atom is 0.487 e. The molecule has 0 atom stereocenters. The minimum Gasteiger partial charge on any atom is -0.444 e. The predicted molar refractivity (Wildman–Crippen MR) is 97.0 cm³/mol. The lowest BCUT2D eigenvalue weighted by molar-refractivity contribution is 0.00578. The first-order valence-electron chi connectivity index (χ1n) is 8.26. The van der Waals surface area contributed by atoms with E-state index in [-0.39, 0.29) is 11.2 Å². The molecule has 1 N–H and O–H groups in total. The average molecular weight is 347 g/mol. The van der Waals surface area contributed by atoms with Gasteiger partial charge in [0.25, 0.3) is 0 Å². The maximum absolute atomic E-state index is 11.7. The van der Waals surface area contributed by atoms with Crippen molar-refractivity contribution in [2.75, 3.05) is 5.32 Å². The standard InChI is InChI=1S/C17H26BN3O4/c1-15(2,3)23-14(22)19-13-9-8-12(20-21-13)10-11-18-24-16(4,5)17(6,7)25-18/h8-11H,1-7H3,(H,19,21,22)/b11-10+. The first-order valence-corrected chi connectivity index (χ1v) is 8.26. The van der Waals surface area contributed by atoms with E-state index in [0.29, 0.717) is 11.5 Å². The van der Waals surface area contributed by atoms with Crippen molar-refractivity contribution in [1.29, 1.82) is 0 Å². The van der Waals surface area contributed by atoms with Gasteiger partial charge in [-0.15, -0.1) is 10.2 Å². The molecule has 2 heterocycles. The van der Waals surface area contributed by atoms with E-state index in [1.807, 2.05) is 27.7 Å². The summed E-state index contributed by atoms with van der Waals surface area (Å²) < 4.78 is 16.9. The first kappa shape index (κ1) is 19.4. The number of anilines is 1. The lowest BCUT2D eigenvalue weighted by Crippen LogP contribution is -2.41. The highest BCUT2D eigenvalue weighted by molar-refractivity contribution is 6.52. The molecule has 8 heteroatoms. The van der Waals surface area contributed by atoms with E-state index < -0.39 is 18.8 Å². The number of carbonyl (C=O) groups is 1. The van der Waals surface area contributed by atoms with Crippen LogP contribution in [0.4, 0.5) is 10.6 Å². The van der Waals surface area contributed by atoms with E-state index in [9.17, 15) is 4.79 Å². The molecule has 0 spiro atoms. The number of hydrogen-bond donors (Lipinski definition) is 1. The Balaban J connectivity index is 1.94. The van der Waals surface area contributed by atoms with Gasteiger partial charge < -0.3 is 14.0 Å². The van der Waals surface area contributed by atoms with Crippen LogP contribution in [0.5, 0.6) is 0 Å². The molecular formula is C17H26BN3O4. The molecule has 1 fully saturated rings. The lowest BCUT2D eigenvalue weighted by atomic mass is 9.90. The van der Waals surface area contributed by atoms with Crippen molar-refractivity contribution in [3.8, 4) is 0 Å². The summed E-state index contributed by atoms with van der Waals surface area (Å²) in [5.41, 5.74) is -0.697. The molecule has 1 amide bonds. The molecule has 0 aliphatic carbocycles. The molecule has 2 rings (SSSR count). The zero-order chi connectivity index (χ0) is 18.9. The second kappa shape index (κ2) is 6.76. The normalized spacial score (nSPS) is 19.2. The van der Waals surface area contributed by atoms with Gasteiger partial charge in [-0.2, -0.15) is 0 Å². The third-order valence-corrected chi connectivity index (χ3v) is 4.01. The van der Waals surface area contributed by atoms with Crippen molar-refractivity contribution in [3.63, 3.8) is 0 Å². The summed E-state index contributed by atoms with van der Waals surface area (Å²) in [6.45, 7) is 13.4. The van der Waals surface area contributed by atoms with E-state index in [1.165, 1.54) is 0 Å². The predicted octanol–water partition coefficient (Wildman–Crippen LogP) is 3.47. The number of nitrogens with zero attached hydrogens (tertiary/aromatic N) is 2. The summed E-state index contributed by atoms with van der Waals surface area (Å²) in [6.07, 6.45) is 1.20. The number of rotatable bonds is 3. The van der Waals surface area contributed by atoms with Crippen LogP contribution in [0.25, 0.3) is 6.08 Å². The number of nitrogens with one attached hydrogen (secondary N) is 1.